The molecular weight excluding hydrogens is 186 g/mol. The number of benzene rings is 1. The van der Waals surface area contributed by atoms with E-state index in [1.54, 1.807) is 24.3 Å². The first-order valence-electron chi connectivity index (χ1n) is 3.87. The van der Waals surface area contributed by atoms with E-state index in [9.17, 15) is 0 Å². The molecule has 3 nitrogen and oxygen atoms in total. The van der Waals surface area contributed by atoms with E-state index in [-0.39, 0.29) is 6.61 Å². The molecule has 1 aromatic carbocycles. The summed E-state index contributed by atoms with van der Waals surface area (Å²) in [5.41, 5.74) is 6.23. The molecule has 0 aliphatic heterocycles. The van der Waals surface area contributed by atoms with Gasteiger partial charge in [-0.3, -0.25) is 0 Å². The fourth-order valence-electron chi connectivity index (χ4n) is 0.879. The van der Waals surface area contributed by atoms with E-state index >= 15 is 0 Å². The highest BCUT2D eigenvalue weighted by Crippen LogP contribution is 2.11. The second-order valence-electron chi connectivity index (χ2n) is 2.46. The molecule has 4 heteroatoms. The van der Waals surface area contributed by atoms with E-state index in [4.69, 9.17) is 27.8 Å². The Labute approximate surface area is 82.1 Å². The molecule has 70 valence electrons. The Morgan fingerprint density at radius 1 is 1.38 bits per heavy atom. The molecule has 1 rings (SSSR count). The molecule has 0 heterocycles. The molecule has 3 N–H and O–H groups in total. The van der Waals surface area contributed by atoms with Gasteiger partial charge in [0.2, 0.25) is 0 Å². The van der Waals surface area contributed by atoms with E-state index in [2.05, 4.69) is 0 Å². The van der Waals surface area contributed by atoms with Gasteiger partial charge in [0.15, 0.2) is 0 Å². The zero-order valence-corrected chi connectivity index (χ0v) is 7.88. The zero-order chi connectivity index (χ0) is 9.68. The number of thiocarbonyl (C=S) groups is 1. The number of hydrogen-bond acceptors (Lipinski definition) is 3. The highest BCUT2D eigenvalue weighted by molar-refractivity contribution is 7.80. The Morgan fingerprint density at radius 2 is 2.00 bits per heavy atom. The number of nitrogens with two attached hydrogens (primary N) is 1. The van der Waals surface area contributed by atoms with Crippen LogP contribution in [0.5, 0.6) is 5.75 Å². The molecule has 0 saturated heterocycles. The summed E-state index contributed by atoms with van der Waals surface area (Å²) in [4.78, 5) is 0.369. The Morgan fingerprint density at radius 3 is 2.46 bits per heavy atom. The van der Waals surface area contributed by atoms with Gasteiger partial charge in [0, 0.05) is 5.56 Å². The maximum atomic E-state index is 8.50. The zero-order valence-electron chi connectivity index (χ0n) is 7.06. The lowest BCUT2D eigenvalue weighted by molar-refractivity contribution is 0.201. The second-order valence-corrected chi connectivity index (χ2v) is 2.90. The molecule has 0 bridgehead atoms. The van der Waals surface area contributed by atoms with Gasteiger partial charge in [-0.2, -0.15) is 0 Å². The van der Waals surface area contributed by atoms with Crippen LogP contribution in [0.1, 0.15) is 5.56 Å². The highest BCUT2D eigenvalue weighted by atomic mass is 32.1. The van der Waals surface area contributed by atoms with Crippen LogP contribution in [0.25, 0.3) is 0 Å². The summed E-state index contributed by atoms with van der Waals surface area (Å²) >= 11 is 4.79. The molecule has 0 amide bonds. The number of aliphatic hydroxyl groups is 1. The Bertz CT molecular complexity index is 284. The maximum Gasteiger partial charge on any atom is 0.119 e. The van der Waals surface area contributed by atoms with Gasteiger partial charge in [0.05, 0.1) is 6.61 Å². The van der Waals surface area contributed by atoms with E-state index in [1.165, 1.54) is 0 Å². The molecule has 0 unspecified atom stereocenters. The molecule has 13 heavy (non-hydrogen) atoms. The Hall–Kier alpha value is -1.13. The molecular formula is C9H11NO2S. The number of rotatable bonds is 4. The molecule has 0 atom stereocenters. The predicted octanol–water partition coefficient (Wildman–Crippen LogP) is 0.692. The van der Waals surface area contributed by atoms with Crippen LogP contribution in [0.2, 0.25) is 0 Å². The molecule has 0 aliphatic rings. The lowest BCUT2D eigenvalue weighted by Crippen LogP contribution is -2.09. The number of ether oxygens (including phenoxy) is 1. The van der Waals surface area contributed by atoms with Gasteiger partial charge >= 0.3 is 0 Å². The van der Waals surface area contributed by atoms with Crippen molar-refractivity contribution in [2.45, 2.75) is 0 Å². The van der Waals surface area contributed by atoms with Crippen LogP contribution < -0.4 is 10.5 Å². The van der Waals surface area contributed by atoms with Crippen LogP contribution in [-0.2, 0) is 0 Å². The van der Waals surface area contributed by atoms with Crippen molar-refractivity contribution in [2.24, 2.45) is 5.73 Å². The smallest absolute Gasteiger partial charge is 0.119 e. The summed E-state index contributed by atoms with van der Waals surface area (Å²) < 4.78 is 5.16. The molecule has 1 aromatic rings. The first-order chi connectivity index (χ1) is 6.24. The summed E-state index contributed by atoms with van der Waals surface area (Å²) in [5, 5.41) is 8.50. The third-order valence-electron chi connectivity index (χ3n) is 1.50. The van der Waals surface area contributed by atoms with E-state index in [0.717, 1.165) is 5.56 Å². The van der Waals surface area contributed by atoms with E-state index in [0.29, 0.717) is 17.3 Å². The average Bonchev–Trinajstić information content (AvgIpc) is 2.15. The second kappa shape index (κ2) is 4.79. The number of hydrogen-bond donors (Lipinski definition) is 2. The summed E-state index contributed by atoms with van der Waals surface area (Å²) in [6.07, 6.45) is 0. The first kappa shape index (κ1) is 9.95. The SMILES string of the molecule is NC(=S)c1ccc(OCCO)cc1. The van der Waals surface area contributed by atoms with Crippen LogP contribution in [0, 0.1) is 0 Å². The van der Waals surface area contributed by atoms with Crippen LogP contribution in [0.3, 0.4) is 0 Å². The average molecular weight is 197 g/mol. The van der Waals surface area contributed by atoms with Crippen LogP contribution in [0.15, 0.2) is 24.3 Å². The van der Waals surface area contributed by atoms with Gasteiger partial charge in [-0.15, -0.1) is 0 Å². The van der Waals surface area contributed by atoms with Gasteiger partial charge in [0.25, 0.3) is 0 Å². The Balaban J connectivity index is 2.64. The van der Waals surface area contributed by atoms with Crippen LogP contribution in [-0.4, -0.2) is 23.3 Å². The minimum absolute atomic E-state index is 0.0110. The van der Waals surface area contributed by atoms with Gasteiger partial charge in [0.1, 0.15) is 17.3 Å². The standard InChI is InChI=1S/C9H11NO2S/c10-9(13)7-1-3-8(4-2-7)12-6-5-11/h1-4,11H,5-6H2,(H2,10,13). The van der Waals surface area contributed by atoms with Crippen LogP contribution in [0.4, 0.5) is 0 Å². The van der Waals surface area contributed by atoms with Crippen molar-refractivity contribution in [2.75, 3.05) is 13.2 Å². The quantitative estimate of drug-likeness (QED) is 0.697. The van der Waals surface area contributed by atoms with Gasteiger partial charge < -0.3 is 15.6 Å². The molecule has 0 fully saturated rings. The summed E-state index contributed by atoms with van der Waals surface area (Å²) in [6.45, 7) is 0.309. The highest BCUT2D eigenvalue weighted by Gasteiger charge is 1.96. The monoisotopic (exact) mass is 197 g/mol. The fraction of sp³-hybridized carbons (Fsp3) is 0.222. The molecule has 0 radical (unpaired) electrons. The van der Waals surface area contributed by atoms with Crippen molar-refractivity contribution in [3.8, 4) is 5.75 Å². The van der Waals surface area contributed by atoms with Gasteiger partial charge in [-0.05, 0) is 24.3 Å². The molecule has 0 saturated carbocycles. The summed E-state index contributed by atoms with van der Waals surface area (Å²) in [6, 6.07) is 7.11. The predicted molar refractivity (Wildman–Crippen MR) is 54.9 cm³/mol. The van der Waals surface area contributed by atoms with E-state index in [1.807, 2.05) is 0 Å². The maximum absolute atomic E-state index is 8.50. The largest absolute Gasteiger partial charge is 0.491 e. The molecule has 0 aliphatic carbocycles. The van der Waals surface area contributed by atoms with Crippen molar-refractivity contribution in [1.29, 1.82) is 0 Å². The third kappa shape index (κ3) is 3.01. The first-order valence-corrected chi connectivity index (χ1v) is 4.28. The van der Waals surface area contributed by atoms with Crippen molar-refractivity contribution in [1.82, 2.24) is 0 Å². The van der Waals surface area contributed by atoms with Crippen molar-refractivity contribution in [3.63, 3.8) is 0 Å². The lowest BCUT2D eigenvalue weighted by Gasteiger charge is -2.04. The molecule has 0 spiro atoms. The minimum atomic E-state index is 0.0110. The van der Waals surface area contributed by atoms with Crippen molar-refractivity contribution in [3.05, 3.63) is 29.8 Å². The van der Waals surface area contributed by atoms with E-state index < -0.39 is 0 Å². The summed E-state index contributed by atoms with van der Waals surface area (Å²) in [7, 11) is 0. The third-order valence-corrected chi connectivity index (χ3v) is 1.73. The number of aliphatic hydroxyl groups excluding tert-OH is 1. The summed E-state index contributed by atoms with van der Waals surface area (Å²) in [5.74, 6) is 0.703. The molecule has 0 aromatic heterocycles. The topological polar surface area (TPSA) is 55.5 Å². The van der Waals surface area contributed by atoms with Gasteiger partial charge in [-0.25, -0.2) is 0 Å². The van der Waals surface area contributed by atoms with Crippen molar-refractivity contribution < 1.29 is 9.84 Å². The minimum Gasteiger partial charge on any atom is -0.491 e. The van der Waals surface area contributed by atoms with Crippen LogP contribution >= 0.6 is 12.2 Å². The van der Waals surface area contributed by atoms with Crippen molar-refractivity contribution >= 4 is 17.2 Å². The van der Waals surface area contributed by atoms with Gasteiger partial charge in [-0.1, -0.05) is 12.2 Å². The Kier molecular flexibility index (Phi) is 3.67. The normalized spacial score (nSPS) is 9.62. The lowest BCUT2D eigenvalue weighted by atomic mass is 10.2. The fourth-order valence-corrected chi connectivity index (χ4v) is 1.02.